The van der Waals surface area contributed by atoms with Gasteiger partial charge in [-0.2, -0.15) is 0 Å². The molecule has 2 atom stereocenters. The van der Waals surface area contributed by atoms with Gasteiger partial charge in [-0.05, 0) is 36.8 Å². The molecule has 1 heterocycles. The van der Waals surface area contributed by atoms with Crippen molar-refractivity contribution in [1.29, 1.82) is 0 Å². The van der Waals surface area contributed by atoms with Crippen LogP contribution < -0.4 is 5.32 Å². The van der Waals surface area contributed by atoms with E-state index in [1.54, 1.807) is 0 Å². The standard InChI is InChI=1S/C18H24N2/c1-13(2)16-8-4-6-10-18(16)20-15-11-14-7-3-5-9-17(14)19-12-15/h3,5,7,9,11-13,16,18,20H,4,6,8,10H2,1-2H3. The number of aromatic nitrogens is 1. The lowest BCUT2D eigenvalue weighted by molar-refractivity contribution is 0.254. The Hall–Kier alpha value is -1.57. The third-order valence-electron chi connectivity index (χ3n) is 4.62. The fourth-order valence-electron chi connectivity index (χ4n) is 3.50. The molecule has 0 bridgehead atoms. The number of benzene rings is 1. The third-order valence-corrected chi connectivity index (χ3v) is 4.62. The number of rotatable bonds is 3. The van der Waals surface area contributed by atoms with Crippen LogP contribution in [-0.4, -0.2) is 11.0 Å². The summed E-state index contributed by atoms with van der Waals surface area (Å²) in [5.41, 5.74) is 2.24. The third kappa shape index (κ3) is 2.79. The number of nitrogens with one attached hydrogen (secondary N) is 1. The van der Waals surface area contributed by atoms with Crippen LogP contribution in [0.1, 0.15) is 39.5 Å². The second-order valence-electron chi connectivity index (χ2n) is 6.36. The maximum atomic E-state index is 4.55. The van der Waals surface area contributed by atoms with Crippen LogP contribution in [-0.2, 0) is 0 Å². The highest BCUT2D eigenvalue weighted by molar-refractivity contribution is 5.81. The first-order valence-electron chi connectivity index (χ1n) is 7.85. The van der Waals surface area contributed by atoms with Gasteiger partial charge in [-0.25, -0.2) is 0 Å². The van der Waals surface area contributed by atoms with Crippen LogP contribution in [0.2, 0.25) is 0 Å². The highest BCUT2D eigenvalue weighted by Crippen LogP contribution is 2.32. The Morgan fingerprint density at radius 1 is 1.15 bits per heavy atom. The molecule has 1 aliphatic carbocycles. The summed E-state index contributed by atoms with van der Waals surface area (Å²) in [7, 11) is 0. The first kappa shape index (κ1) is 13.4. The molecule has 2 heteroatoms. The van der Waals surface area contributed by atoms with Crippen LogP contribution in [0.3, 0.4) is 0 Å². The van der Waals surface area contributed by atoms with E-state index in [1.165, 1.54) is 36.8 Å². The quantitative estimate of drug-likeness (QED) is 0.859. The molecule has 1 aromatic heterocycles. The Kier molecular flexibility index (Phi) is 3.90. The smallest absolute Gasteiger partial charge is 0.0703 e. The van der Waals surface area contributed by atoms with Gasteiger partial charge in [0.05, 0.1) is 17.4 Å². The summed E-state index contributed by atoms with van der Waals surface area (Å²) in [4.78, 5) is 4.55. The normalized spacial score (nSPS) is 23.1. The Bertz CT molecular complexity index is 576. The van der Waals surface area contributed by atoms with Crippen LogP contribution in [0.25, 0.3) is 10.9 Å². The number of hydrogen-bond acceptors (Lipinski definition) is 2. The maximum Gasteiger partial charge on any atom is 0.0703 e. The second-order valence-corrected chi connectivity index (χ2v) is 6.36. The molecule has 3 rings (SSSR count). The molecule has 2 aromatic rings. The van der Waals surface area contributed by atoms with Crippen LogP contribution >= 0.6 is 0 Å². The van der Waals surface area contributed by atoms with Crippen LogP contribution in [0.15, 0.2) is 36.5 Å². The molecule has 0 radical (unpaired) electrons. The lowest BCUT2D eigenvalue weighted by atomic mass is 9.78. The van der Waals surface area contributed by atoms with Crippen molar-refractivity contribution in [2.75, 3.05) is 5.32 Å². The molecular weight excluding hydrogens is 244 g/mol. The molecule has 106 valence electrons. The average Bonchev–Trinajstić information content (AvgIpc) is 2.47. The van der Waals surface area contributed by atoms with E-state index in [-0.39, 0.29) is 0 Å². The van der Waals surface area contributed by atoms with E-state index in [2.05, 4.69) is 48.4 Å². The maximum absolute atomic E-state index is 4.55. The minimum absolute atomic E-state index is 0.603. The topological polar surface area (TPSA) is 24.9 Å². The molecule has 1 aliphatic rings. The van der Waals surface area contributed by atoms with Gasteiger partial charge in [-0.3, -0.25) is 4.98 Å². The number of hydrogen-bond donors (Lipinski definition) is 1. The summed E-state index contributed by atoms with van der Waals surface area (Å²) >= 11 is 0. The molecule has 1 saturated carbocycles. The first-order chi connectivity index (χ1) is 9.74. The monoisotopic (exact) mass is 268 g/mol. The van der Waals surface area contributed by atoms with Crippen molar-refractivity contribution >= 4 is 16.6 Å². The van der Waals surface area contributed by atoms with E-state index in [4.69, 9.17) is 0 Å². The van der Waals surface area contributed by atoms with E-state index < -0.39 is 0 Å². The number of para-hydroxylation sites is 1. The van der Waals surface area contributed by atoms with Crippen molar-refractivity contribution < 1.29 is 0 Å². The van der Waals surface area contributed by atoms with E-state index in [0.29, 0.717) is 6.04 Å². The molecule has 1 fully saturated rings. The van der Waals surface area contributed by atoms with E-state index in [9.17, 15) is 0 Å². The van der Waals surface area contributed by atoms with Gasteiger partial charge >= 0.3 is 0 Å². The summed E-state index contributed by atoms with van der Waals surface area (Å²) in [6.07, 6.45) is 7.36. The van der Waals surface area contributed by atoms with Gasteiger partial charge in [0.25, 0.3) is 0 Å². The van der Waals surface area contributed by atoms with Crippen LogP contribution in [0.5, 0.6) is 0 Å². The minimum atomic E-state index is 0.603. The minimum Gasteiger partial charge on any atom is -0.381 e. The van der Waals surface area contributed by atoms with Gasteiger partial charge in [-0.1, -0.05) is 44.9 Å². The molecule has 20 heavy (non-hydrogen) atoms. The zero-order chi connectivity index (χ0) is 13.9. The Labute approximate surface area is 121 Å². The van der Waals surface area contributed by atoms with Gasteiger partial charge in [0.1, 0.15) is 0 Å². The van der Waals surface area contributed by atoms with Gasteiger partial charge in [0.15, 0.2) is 0 Å². The van der Waals surface area contributed by atoms with Gasteiger partial charge in [0, 0.05) is 11.4 Å². The molecule has 1 N–H and O–H groups in total. The SMILES string of the molecule is CC(C)C1CCCCC1Nc1cnc2ccccc2c1. The summed E-state index contributed by atoms with van der Waals surface area (Å²) in [6.45, 7) is 4.70. The summed E-state index contributed by atoms with van der Waals surface area (Å²) in [6, 6.07) is 11.1. The van der Waals surface area contributed by atoms with E-state index in [1.807, 2.05) is 12.3 Å². The van der Waals surface area contributed by atoms with Crippen LogP contribution in [0.4, 0.5) is 5.69 Å². The number of fused-ring (bicyclic) bond motifs is 1. The number of nitrogens with zero attached hydrogens (tertiary/aromatic N) is 1. The Morgan fingerprint density at radius 3 is 2.80 bits per heavy atom. The molecule has 0 saturated heterocycles. The van der Waals surface area contributed by atoms with Crippen molar-refractivity contribution in [3.8, 4) is 0 Å². The largest absolute Gasteiger partial charge is 0.381 e. The van der Waals surface area contributed by atoms with E-state index >= 15 is 0 Å². The van der Waals surface area contributed by atoms with Crippen molar-refractivity contribution in [2.24, 2.45) is 11.8 Å². The number of anilines is 1. The predicted molar refractivity (Wildman–Crippen MR) is 85.9 cm³/mol. The van der Waals surface area contributed by atoms with Gasteiger partial charge in [0.2, 0.25) is 0 Å². The first-order valence-corrected chi connectivity index (χ1v) is 7.85. The van der Waals surface area contributed by atoms with E-state index in [0.717, 1.165) is 17.4 Å². The Balaban J connectivity index is 1.80. The molecule has 1 aromatic carbocycles. The van der Waals surface area contributed by atoms with Gasteiger partial charge in [-0.15, -0.1) is 0 Å². The lowest BCUT2D eigenvalue weighted by Crippen LogP contribution is -2.35. The molecule has 0 amide bonds. The van der Waals surface area contributed by atoms with Crippen molar-refractivity contribution in [3.05, 3.63) is 36.5 Å². The number of pyridine rings is 1. The summed E-state index contributed by atoms with van der Waals surface area (Å²) in [5, 5.41) is 4.96. The van der Waals surface area contributed by atoms with Gasteiger partial charge < -0.3 is 5.32 Å². The zero-order valence-corrected chi connectivity index (χ0v) is 12.5. The molecule has 0 aliphatic heterocycles. The van der Waals surface area contributed by atoms with Crippen LogP contribution in [0, 0.1) is 11.8 Å². The fraction of sp³-hybridized carbons (Fsp3) is 0.500. The summed E-state index contributed by atoms with van der Waals surface area (Å²) < 4.78 is 0. The average molecular weight is 268 g/mol. The molecular formula is C18H24N2. The highest BCUT2D eigenvalue weighted by atomic mass is 14.9. The summed E-state index contributed by atoms with van der Waals surface area (Å²) in [5.74, 6) is 1.54. The van der Waals surface area contributed by atoms with Crippen molar-refractivity contribution in [2.45, 2.75) is 45.6 Å². The lowest BCUT2D eigenvalue weighted by Gasteiger charge is -2.35. The predicted octanol–water partition coefficient (Wildman–Crippen LogP) is 4.86. The van der Waals surface area contributed by atoms with Crippen molar-refractivity contribution in [1.82, 2.24) is 4.98 Å². The van der Waals surface area contributed by atoms with Crippen molar-refractivity contribution in [3.63, 3.8) is 0 Å². The zero-order valence-electron chi connectivity index (χ0n) is 12.5. The Morgan fingerprint density at radius 2 is 1.95 bits per heavy atom. The highest BCUT2D eigenvalue weighted by Gasteiger charge is 2.27. The fourth-order valence-corrected chi connectivity index (χ4v) is 3.50. The molecule has 2 unspecified atom stereocenters. The second kappa shape index (κ2) is 5.82. The molecule has 0 spiro atoms. The molecule has 2 nitrogen and oxygen atoms in total.